The number of aryl methyl sites for hydroxylation is 2. The Labute approximate surface area is 341 Å². The van der Waals surface area contributed by atoms with Crippen molar-refractivity contribution in [1.82, 2.24) is 0 Å². The van der Waals surface area contributed by atoms with E-state index in [1.54, 1.807) is 16.7 Å². The van der Waals surface area contributed by atoms with Gasteiger partial charge in [0.25, 0.3) is 0 Å². The molecule has 0 heterocycles. The van der Waals surface area contributed by atoms with Crippen molar-refractivity contribution >= 4 is 40.3 Å². The lowest BCUT2D eigenvalue weighted by atomic mass is 9.43. The number of nitrogens with zero attached hydrogens (tertiary/aromatic N) is 1. The van der Waals surface area contributed by atoms with Gasteiger partial charge in [-0.3, -0.25) is 0 Å². The molecule has 6 unspecified atom stereocenters. The van der Waals surface area contributed by atoms with E-state index >= 15 is 0 Å². The molecule has 56 heavy (non-hydrogen) atoms. The number of rotatable bonds is 3. The topological polar surface area (TPSA) is 3.24 Å². The molecule has 3 heteroatoms. The molecule has 0 radical (unpaired) electrons. The van der Waals surface area contributed by atoms with Crippen molar-refractivity contribution in [3.05, 3.63) is 134 Å². The first-order chi connectivity index (χ1) is 27.3. The molecule has 10 aliphatic rings. The van der Waals surface area contributed by atoms with Gasteiger partial charge in [-0.05, 0) is 200 Å². The summed E-state index contributed by atoms with van der Waals surface area (Å²) in [5.74, 6) is 6.23. The van der Waals surface area contributed by atoms with E-state index in [-0.39, 0.29) is 10.8 Å². The first kappa shape index (κ1) is 32.4. The molecular formula is C53H49Cl2N. The zero-order chi connectivity index (χ0) is 37.0. The molecule has 0 N–H and O–H groups in total. The number of anilines is 3. The Hall–Kier alpha value is -3.52. The zero-order valence-corrected chi connectivity index (χ0v) is 34.1. The molecule has 0 aromatic heterocycles. The van der Waals surface area contributed by atoms with E-state index in [9.17, 15) is 0 Å². The van der Waals surface area contributed by atoms with E-state index in [4.69, 9.17) is 23.2 Å². The van der Waals surface area contributed by atoms with Crippen LogP contribution in [0.25, 0.3) is 22.3 Å². The Morgan fingerprint density at radius 3 is 1.95 bits per heavy atom. The molecule has 3 spiro atoms. The predicted molar refractivity (Wildman–Crippen MR) is 230 cm³/mol. The molecule has 6 atom stereocenters. The number of halogens is 2. The summed E-state index contributed by atoms with van der Waals surface area (Å²) in [6.07, 6.45) is 13.9. The monoisotopic (exact) mass is 769 g/mol. The second kappa shape index (κ2) is 10.6. The molecule has 5 aromatic carbocycles. The van der Waals surface area contributed by atoms with Crippen molar-refractivity contribution in [2.24, 2.45) is 52.8 Å². The summed E-state index contributed by atoms with van der Waals surface area (Å²) in [6.45, 7) is 4.57. The smallest absolute Gasteiger partial charge is 0.0839 e. The third-order valence-corrected chi connectivity index (χ3v) is 19.4. The summed E-state index contributed by atoms with van der Waals surface area (Å²) in [7, 11) is 0. The van der Waals surface area contributed by atoms with Gasteiger partial charge in [-0.2, -0.15) is 0 Å². The van der Waals surface area contributed by atoms with Crippen molar-refractivity contribution in [3.8, 4) is 22.3 Å². The molecule has 0 amide bonds. The summed E-state index contributed by atoms with van der Waals surface area (Å²) < 4.78 is 0. The highest BCUT2D eigenvalue weighted by atomic mass is 35.5. The van der Waals surface area contributed by atoms with Crippen molar-refractivity contribution in [2.45, 2.75) is 88.9 Å². The fourth-order valence-corrected chi connectivity index (χ4v) is 17.9. The van der Waals surface area contributed by atoms with Crippen LogP contribution >= 0.6 is 23.2 Å². The van der Waals surface area contributed by atoms with Crippen LogP contribution in [0.3, 0.4) is 0 Å². The molecule has 0 aliphatic heterocycles. The van der Waals surface area contributed by atoms with Gasteiger partial charge in [0.15, 0.2) is 0 Å². The van der Waals surface area contributed by atoms with Crippen LogP contribution in [0.5, 0.6) is 0 Å². The van der Waals surface area contributed by atoms with Crippen LogP contribution in [0.2, 0.25) is 10.0 Å². The fraction of sp³-hybridized carbons (Fsp3) is 0.434. The Morgan fingerprint density at radius 2 is 1.21 bits per heavy atom. The molecule has 280 valence electrons. The van der Waals surface area contributed by atoms with Crippen molar-refractivity contribution in [2.75, 3.05) is 4.90 Å². The second-order valence-corrected chi connectivity index (χ2v) is 21.3. The zero-order valence-electron chi connectivity index (χ0n) is 32.6. The minimum absolute atomic E-state index is 0.00113. The summed E-state index contributed by atoms with van der Waals surface area (Å²) in [6, 6.07) is 35.7. The van der Waals surface area contributed by atoms with Crippen molar-refractivity contribution in [3.63, 3.8) is 0 Å². The molecule has 5 aromatic rings. The molecule has 1 nitrogen and oxygen atoms in total. The second-order valence-electron chi connectivity index (χ2n) is 20.6. The fourth-order valence-electron chi connectivity index (χ4n) is 17.5. The van der Waals surface area contributed by atoms with E-state index in [1.807, 2.05) is 0 Å². The largest absolute Gasteiger partial charge is 0.308 e. The van der Waals surface area contributed by atoms with Crippen LogP contribution in [0.4, 0.5) is 17.1 Å². The summed E-state index contributed by atoms with van der Waals surface area (Å²) in [5, 5.41) is 1.40. The SMILES string of the molecule is Cc1ccc(N(c2ccc(C)c3c2C2(c4ccccc4-3)C3CC4CC(C3)CC2C4)c2c(Cl)c(Cl)cc3c2-c2ccccc2C32C3CC4CC5CC2C5(C4)C3)cc1. The van der Waals surface area contributed by atoms with Crippen LogP contribution in [0.15, 0.2) is 91.0 Å². The van der Waals surface area contributed by atoms with Gasteiger partial charge in [-0.1, -0.05) is 95.5 Å². The van der Waals surface area contributed by atoms with Gasteiger partial charge in [0.1, 0.15) is 0 Å². The average molecular weight is 771 g/mol. The minimum Gasteiger partial charge on any atom is -0.308 e. The van der Waals surface area contributed by atoms with Crippen LogP contribution in [0.1, 0.15) is 97.6 Å². The normalized spacial score (nSPS) is 37.5. The number of fused-ring (bicyclic) bond motifs is 12. The molecule has 15 rings (SSSR count). The number of benzene rings is 5. The first-order valence-corrected chi connectivity index (χ1v) is 22.8. The van der Waals surface area contributed by atoms with Crippen LogP contribution in [0, 0.1) is 66.6 Å². The maximum absolute atomic E-state index is 7.88. The van der Waals surface area contributed by atoms with Gasteiger partial charge in [0.05, 0.1) is 21.4 Å². The van der Waals surface area contributed by atoms with E-state index in [0.29, 0.717) is 39.1 Å². The Morgan fingerprint density at radius 1 is 0.571 bits per heavy atom. The third kappa shape index (κ3) is 3.52. The summed E-state index contributed by atoms with van der Waals surface area (Å²) in [4.78, 5) is 2.63. The Balaban J connectivity index is 1.09. The number of hydrogen-bond donors (Lipinski definition) is 0. The minimum atomic E-state index is -0.00113. The number of hydrogen-bond acceptors (Lipinski definition) is 1. The maximum atomic E-state index is 7.88. The maximum Gasteiger partial charge on any atom is 0.0839 e. The first-order valence-electron chi connectivity index (χ1n) is 22.1. The summed E-state index contributed by atoms with van der Waals surface area (Å²) >= 11 is 15.5. The van der Waals surface area contributed by atoms with Gasteiger partial charge in [-0.25, -0.2) is 0 Å². The Kier molecular flexibility index (Phi) is 6.11. The lowest BCUT2D eigenvalue weighted by Crippen LogP contribution is -2.55. The summed E-state index contributed by atoms with van der Waals surface area (Å²) in [5.41, 5.74) is 18.7. The average Bonchev–Trinajstić information content (AvgIpc) is 3.78. The predicted octanol–water partition coefficient (Wildman–Crippen LogP) is 14.5. The van der Waals surface area contributed by atoms with Crippen LogP contribution in [-0.2, 0) is 10.8 Å². The van der Waals surface area contributed by atoms with Crippen LogP contribution in [-0.4, -0.2) is 0 Å². The molecule has 0 saturated heterocycles. The van der Waals surface area contributed by atoms with E-state index < -0.39 is 0 Å². The van der Waals surface area contributed by atoms with Gasteiger partial charge in [0, 0.05) is 22.1 Å². The molecular weight excluding hydrogens is 721 g/mol. The Bertz CT molecular complexity index is 2560. The van der Waals surface area contributed by atoms with Gasteiger partial charge >= 0.3 is 0 Å². The highest BCUT2D eigenvalue weighted by Gasteiger charge is 2.77. The van der Waals surface area contributed by atoms with Gasteiger partial charge in [0.2, 0.25) is 0 Å². The molecule has 10 aliphatic carbocycles. The standard InChI is InChI=1S/C53H49Cl2N/c1-28-11-14-37(15-12-28)56(44-16-13-29(2)46-38-7-3-5-9-40(38)52(48(44)46)34-18-30-17-31(20-34)21-35(52)19-30)50-47-39-8-4-6-10-41(39)53(42(47)25-43(54)49(50)55)36-23-32-22-33-24-45(53)51(33,26-32)27-36/h3-16,25,30-36,45H,17-24,26-27H2,1-2H3. The van der Waals surface area contributed by atoms with E-state index in [1.165, 1.54) is 115 Å². The lowest BCUT2D eigenvalue weighted by Gasteiger charge is -2.61. The third-order valence-electron chi connectivity index (χ3n) is 18.7. The van der Waals surface area contributed by atoms with Gasteiger partial charge < -0.3 is 4.90 Å². The van der Waals surface area contributed by atoms with E-state index in [2.05, 4.69) is 110 Å². The van der Waals surface area contributed by atoms with Gasteiger partial charge in [-0.15, -0.1) is 0 Å². The van der Waals surface area contributed by atoms with Crippen LogP contribution < -0.4 is 4.90 Å². The quantitative estimate of drug-likeness (QED) is 0.177. The highest BCUT2D eigenvalue weighted by Crippen LogP contribution is 2.84. The highest BCUT2D eigenvalue weighted by molar-refractivity contribution is 6.45. The van der Waals surface area contributed by atoms with Crippen molar-refractivity contribution < 1.29 is 0 Å². The molecule has 8 saturated carbocycles. The lowest BCUT2D eigenvalue weighted by molar-refractivity contribution is -0.0397. The molecule has 7 bridgehead atoms. The molecule has 8 fully saturated rings. The van der Waals surface area contributed by atoms with Crippen molar-refractivity contribution in [1.29, 1.82) is 0 Å². The van der Waals surface area contributed by atoms with E-state index in [0.717, 1.165) is 29.4 Å².